The number of hydrogen-bond acceptors (Lipinski definition) is 5. The van der Waals surface area contributed by atoms with Gasteiger partial charge in [-0.25, -0.2) is 4.79 Å². The van der Waals surface area contributed by atoms with E-state index in [-0.39, 0.29) is 19.6 Å². The number of nitrogens with two attached hydrogens (primary N) is 1. The van der Waals surface area contributed by atoms with Gasteiger partial charge in [0.2, 0.25) is 5.91 Å². The minimum atomic E-state index is -0.667. The van der Waals surface area contributed by atoms with Crippen LogP contribution in [0.15, 0.2) is 72.8 Å². The third-order valence-corrected chi connectivity index (χ3v) is 4.38. The molecule has 3 aromatic rings. The zero-order valence-corrected chi connectivity index (χ0v) is 16.3. The number of benzene rings is 3. The Labute approximate surface area is 174 Å². The molecule has 30 heavy (non-hydrogen) atoms. The number of hydrogen-bond donors (Lipinski definition) is 1. The number of fused-ring (bicyclic) bond motifs is 1. The summed E-state index contributed by atoms with van der Waals surface area (Å²) in [5.74, 6) is -1.12. The molecular formula is C23H22N2O5. The molecular weight excluding hydrogens is 384 g/mol. The van der Waals surface area contributed by atoms with Crippen LogP contribution in [0.5, 0.6) is 5.75 Å². The maximum Gasteiger partial charge on any atom is 0.344 e. The monoisotopic (exact) mass is 406 g/mol. The molecule has 2 N–H and O–H groups in total. The summed E-state index contributed by atoms with van der Waals surface area (Å²) in [6.45, 7) is -0.685. The minimum absolute atomic E-state index is 0.000342. The molecule has 0 unspecified atom stereocenters. The number of primary amides is 1. The first-order chi connectivity index (χ1) is 14.5. The van der Waals surface area contributed by atoms with E-state index < -0.39 is 24.4 Å². The highest BCUT2D eigenvalue weighted by molar-refractivity contribution is 5.95. The van der Waals surface area contributed by atoms with Crippen LogP contribution in [0.4, 0.5) is 5.69 Å². The van der Waals surface area contributed by atoms with Crippen LogP contribution >= 0.6 is 0 Å². The lowest BCUT2D eigenvalue weighted by Crippen LogP contribution is -2.37. The number of anilines is 1. The SMILES string of the molecule is NC(=O)CCN(C(=O)COC(=O)COc1ccc2ccccc2c1)c1ccccc1. The Balaban J connectivity index is 1.53. The van der Waals surface area contributed by atoms with Gasteiger partial charge in [-0.1, -0.05) is 48.5 Å². The Morgan fingerprint density at radius 1 is 0.833 bits per heavy atom. The number of nitrogens with zero attached hydrogens (tertiary/aromatic N) is 1. The second-order valence-corrected chi connectivity index (χ2v) is 6.56. The van der Waals surface area contributed by atoms with Gasteiger partial charge >= 0.3 is 5.97 Å². The van der Waals surface area contributed by atoms with Crippen LogP contribution in [0.25, 0.3) is 10.8 Å². The van der Waals surface area contributed by atoms with Crippen molar-refractivity contribution in [3.63, 3.8) is 0 Å². The molecule has 0 saturated carbocycles. The van der Waals surface area contributed by atoms with Crippen LogP contribution < -0.4 is 15.4 Å². The Morgan fingerprint density at radius 3 is 2.27 bits per heavy atom. The van der Waals surface area contributed by atoms with E-state index in [2.05, 4.69) is 0 Å². The largest absolute Gasteiger partial charge is 0.482 e. The summed E-state index contributed by atoms with van der Waals surface area (Å²) in [6.07, 6.45) is -0.000342. The fourth-order valence-electron chi connectivity index (χ4n) is 2.89. The van der Waals surface area contributed by atoms with Crippen LogP contribution in [0.1, 0.15) is 6.42 Å². The van der Waals surface area contributed by atoms with Crippen LogP contribution in [0.3, 0.4) is 0 Å². The van der Waals surface area contributed by atoms with Gasteiger partial charge in [-0.15, -0.1) is 0 Å². The molecule has 0 spiro atoms. The molecule has 0 aliphatic carbocycles. The Morgan fingerprint density at radius 2 is 1.53 bits per heavy atom. The summed E-state index contributed by atoms with van der Waals surface area (Å²) >= 11 is 0. The first-order valence-electron chi connectivity index (χ1n) is 9.44. The van der Waals surface area contributed by atoms with Gasteiger partial charge in [0.25, 0.3) is 5.91 Å². The van der Waals surface area contributed by atoms with E-state index in [1.54, 1.807) is 30.3 Å². The van der Waals surface area contributed by atoms with Gasteiger partial charge in [-0.2, -0.15) is 0 Å². The van der Waals surface area contributed by atoms with E-state index >= 15 is 0 Å². The van der Waals surface area contributed by atoms with Crippen molar-refractivity contribution in [2.24, 2.45) is 5.73 Å². The van der Waals surface area contributed by atoms with Gasteiger partial charge in [-0.05, 0) is 35.0 Å². The molecule has 0 saturated heterocycles. The van der Waals surface area contributed by atoms with Crippen molar-refractivity contribution in [2.75, 3.05) is 24.7 Å². The Bertz CT molecular complexity index is 1040. The first kappa shape index (κ1) is 20.9. The summed E-state index contributed by atoms with van der Waals surface area (Å²) in [5, 5.41) is 2.06. The highest BCUT2D eigenvalue weighted by atomic mass is 16.6. The summed E-state index contributed by atoms with van der Waals surface area (Å²) in [4.78, 5) is 37.0. The number of carbonyl (C=O) groups excluding carboxylic acids is 3. The van der Waals surface area contributed by atoms with Crippen molar-refractivity contribution in [3.05, 3.63) is 72.8 Å². The zero-order valence-electron chi connectivity index (χ0n) is 16.3. The van der Waals surface area contributed by atoms with E-state index in [9.17, 15) is 14.4 Å². The van der Waals surface area contributed by atoms with Crippen molar-refractivity contribution >= 4 is 34.2 Å². The fourth-order valence-corrected chi connectivity index (χ4v) is 2.89. The molecule has 0 aliphatic rings. The van der Waals surface area contributed by atoms with Gasteiger partial charge < -0.3 is 20.1 Å². The van der Waals surface area contributed by atoms with Crippen molar-refractivity contribution in [3.8, 4) is 5.75 Å². The predicted molar refractivity (Wildman–Crippen MR) is 113 cm³/mol. The lowest BCUT2D eigenvalue weighted by molar-refractivity contribution is -0.149. The molecule has 0 heterocycles. The van der Waals surface area contributed by atoms with Crippen molar-refractivity contribution in [1.82, 2.24) is 0 Å². The molecule has 0 atom stereocenters. The molecule has 0 radical (unpaired) electrons. The molecule has 154 valence electrons. The third-order valence-electron chi connectivity index (χ3n) is 4.38. The zero-order chi connectivity index (χ0) is 21.3. The molecule has 0 aromatic heterocycles. The minimum Gasteiger partial charge on any atom is -0.482 e. The summed E-state index contributed by atoms with van der Waals surface area (Å²) in [7, 11) is 0. The van der Waals surface area contributed by atoms with Crippen molar-refractivity contribution < 1.29 is 23.9 Å². The van der Waals surface area contributed by atoms with E-state index in [1.807, 2.05) is 42.5 Å². The molecule has 7 heteroatoms. The average molecular weight is 406 g/mol. The van der Waals surface area contributed by atoms with E-state index in [4.69, 9.17) is 15.2 Å². The Kier molecular flexibility index (Phi) is 7.00. The molecule has 0 aliphatic heterocycles. The number of carbonyl (C=O) groups is 3. The Hall–Kier alpha value is -3.87. The highest BCUT2D eigenvalue weighted by Crippen LogP contribution is 2.20. The summed E-state index contributed by atoms with van der Waals surface area (Å²) in [6, 6.07) is 22.1. The number of ether oxygens (including phenoxy) is 2. The average Bonchev–Trinajstić information content (AvgIpc) is 2.76. The van der Waals surface area contributed by atoms with E-state index in [0.29, 0.717) is 11.4 Å². The summed E-state index contributed by atoms with van der Waals surface area (Å²) in [5.41, 5.74) is 5.78. The second kappa shape index (κ2) is 10.1. The number of esters is 1. The van der Waals surface area contributed by atoms with Gasteiger partial charge in [0, 0.05) is 18.7 Å². The number of rotatable bonds is 9. The number of amides is 2. The van der Waals surface area contributed by atoms with Crippen LogP contribution in [0.2, 0.25) is 0 Å². The molecule has 2 amide bonds. The second-order valence-electron chi connectivity index (χ2n) is 6.56. The molecule has 3 rings (SSSR count). The fraction of sp³-hybridized carbons (Fsp3) is 0.174. The maximum absolute atomic E-state index is 12.5. The molecule has 0 bridgehead atoms. The standard InChI is InChI=1S/C23H22N2O5/c24-21(26)12-13-25(19-8-2-1-3-9-19)22(27)15-30-23(28)16-29-20-11-10-17-6-4-5-7-18(17)14-20/h1-11,14H,12-13,15-16H2,(H2,24,26). The lowest BCUT2D eigenvalue weighted by Gasteiger charge is -2.22. The van der Waals surface area contributed by atoms with Crippen molar-refractivity contribution in [2.45, 2.75) is 6.42 Å². The van der Waals surface area contributed by atoms with Crippen LogP contribution in [0, 0.1) is 0 Å². The van der Waals surface area contributed by atoms with Crippen molar-refractivity contribution in [1.29, 1.82) is 0 Å². The lowest BCUT2D eigenvalue weighted by atomic mass is 10.1. The quantitative estimate of drug-likeness (QED) is 0.551. The van der Waals surface area contributed by atoms with Gasteiger partial charge in [-0.3, -0.25) is 9.59 Å². The van der Waals surface area contributed by atoms with Gasteiger partial charge in [0.05, 0.1) is 0 Å². The van der Waals surface area contributed by atoms with Gasteiger partial charge in [0.15, 0.2) is 13.2 Å². The normalized spacial score (nSPS) is 10.4. The molecule has 0 fully saturated rings. The highest BCUT2D eigenvalue weighted by Gasteiger charge is 2.18. The predicted octanol–water partition coefficient (Wildman–Crippen LogP) is 2.67. The third kappa shape index (κ3) is 5.81. The van der Waals surface area contributed by atoms with E-state index in [0.717, 1.165) is 10.8 Å². The first-order valence-corrected chi connectivity index (χ1v) is 9.44. The topological polar surface area (TPSA) is 98.9 Å². The van der Waals surface area contributed by atoms with Crippen LogP contribution in [-0.2, 0) is 19.1 Å². The van der Waals surface area contributed by atoms with E-state index in [1.165, 1.54) is 4.90 Å². The maximum atomic E-state index is 12.5. The summed E-state index contributed by atoms with van der Waals surface area (Å²) < 4.78 is 10.5. The number of para-hydroxylation sites is 1. The molecule has 7 nitrogen and oxygen atoms in total. The molecule has 3 aromatic carbocycles. The van der Waals surface area contributed by atoms with Gasteiger partial charge in [0.1, 0.15) is 5.75 Å². The van der Waals surface area contributed by atoms with Crippen LogP contribution in [-0.4, -0.2) is 37.5 Å². The smallest absolute Gasteiger partial charge is 0.344 e.